The van der Waals surface area contributed by atoms with Crippen molar-refractivity contribution in [3.8, 4) is 0 Å². The van der Waals surface area contributed by atoms with Crippen LogP contribution in [0.5, 0.6) is 0 Å². The molecule has 2 aromatic rings. The minimum Gasteiger partial charge on any atom is -0.333 e. The van der Waals surface area contributed by atoms with Crippen LogP contribution < -0.4 is 15.5 Å². The zero-order valence-corrected chi connectivity index (χ0v) is 14.3. The molecule has 1 atom stereocenters. The van der Waals surface area contributed by atoms with Crippen LogP contribution in [0, 0.1) is 12.7 Å². The Labute approximate surface area is 149 Å². The van der Waals surface area contributed by atoms with Gasteiger partial charge in [-0.05, 0) is 48.9 Å². The first-order chi connectivity index (χ1) is 11.9. The first-order valence-corrected chi connectivity index (χ1v) is 8.20. The lowest BCUT2D eigenvalue weighted by Crippen LogP contribution is -2.39. The monoisotopic (exact) mass is 361 g/mol. The predicted octanol–water partition coefficient (Wildman–Crippen LogP) is 3.71. The number of urea groups is 1. The molecule has 3 amide bonds. The van der Waals surface area contributed by atoms with E-state index in [0.717, 1.165) is 5.56 Å². The molecule has 25 heavy (non-hydrogen) atoms. The lowest BCUT2D eigenvalue weighted by molar-refractivity contribution is -0.117. The normalized spacial score (nSPS) is 16.8. The van der Waals surface area contributed by atoms with Crippen molar-refractivity contribution in [1.29, 1.82) is 0 Å². The van der Waals surface area contributed by atoms with E-state index in [1.165, 1.54) is 17.0 Å². The van der Waals surface area contributed by atoms with Gasteiger partial charge in [0, 0.05) is 29.4 Å². The number of anilines is 2. The van der Waals surface area contributed by atoms with E-state index in [1.807, 2.05) is 13.0 Å². The minimum atomic E-state index is -0.404. The summed E-state index contributed by atoms with van der Waals surface area (Å²) in [5.41, 5.74) is 2.11. The van der Waals surface area contributed by atoms with Crippen LogP contribution in [-0.2, 0) is 4.79 Å². The lowest BCUT2D eigenvalue weighted by atomic mass is 10.2. The molecular formula is C18H17ClFN3O2. The first kappa shape index (κ1) is 17.2. The van der Waals surface area contributed by atoms with E-state index >= 15 is 0 Å². The molecule has 130 valence electrons. The molecule has 2 N–H and O–H groups in total. The third kappa shape index (κ3) is 4.09. The molecule has 1 fully saturated rings. The van der Waals surface area contributed by atoms with Gasteiger partial charge in [0.2, 0.25) is 5.91 Å². The zero-order chi connectivity index (χ0) is 18.0. The second-order valence-corrected chi connectivity index (χ2v) is 6.35. The summed E-state index contributed by atoms with van der Waals surface area (Å²) in [4.78, 5) is 25.8. The highest BCUT2D eigenvalue weighted by Crippen LogP contribution is 2.22. The van der Waals surface area contributed by atoms with E-state index in [0.29, 0.717) is 22.9 Å². The first-order valence-electron chi connectivity index (χ1n) is 7.82. The summed E-state index contributed by atoms with van der Waals surface area (Å²) >= 11 is 6.04. The van der Waals surface area contributed by atoms with Crippen molar-refractivity contribution < 1.29 is 14.0 Å². The third-order valence-corrected chi connectivity index (χ3v) is 4.44. The number of nitrogens with zero attached hydrogens (tertiary/aromatic N) is 1. The van der Waals surface area contributed by atoms with Crippen LogP contribution in [-0.4, -0.2) is 24.5 Å². The summed E-state index contributed by atoms with van der Waals surface area (Å²) in [5.74, 6) is -0.475. The number of rotatable bonds is 3. The molecule has 0 unspecified atom stereocenters. The highest BCUT2D eigenvalue weighted by atomic mass is 35.5. The van der Waals surface area contributed by atoms with Gasteiger partial charge in [0.25, 0.3) is 0 Å². The summed E-state index contributed by atoms with van der Waals surface area (Å²) in [6, 6.07) is 10.2. The van der Waals surface area contributed by atoms with Crippen molar-refractivity contribution in [1.82, 2.24) is 5.32 Å². The third-order valence-electron chi connectivity index (χ3n) is 4.03. The number of hydrogen-bond donors (Lipinski definition) is 2. The molecule has 3 rings (SSSR count). The zero-order valence-electron chi connectivity index (χ0n) is 13.6. The summed E-state index contributed by atoms with van der Waals surface area (Å²) in [6.07, 6.45) is 0.194. The number of aryl methyl sites for hydroxylation is 1. The summed E-state index contributed by atoms with van der Waals surface area (Å²) in [5, 5.41) is 6.04. The van der Waals surface area contributed by atoms with Crippen LogP contribution in [0.4, 0.5) is 20.6 Å². The van der Waals surface area contributed by atoms with Gasteiger partial charge in [-0.15, -0.1) is 0 Å². The van der Waals surface area contributed by atoms with Crippen molar-refractivity contribution >= 4 is 34.9 Å². The lowest BCUT2D eigenvalue weighted by Gasteiger charge is -2.17. The molecule has 0 aliphatic carbocycles. The van der Waals surface area contributed by atoms with Crippen molar-refractivity contribution in [2.75, 3.05) is 16.8 Å². The SMILES string of the molecule is Cc1ccc(NC(=O)N[C@@H]2CC(=O)N(c3ccc(F)cc3)C2)cc1Cl. The molecule has 0 aromatic heterocycles. The van der Waals surface area contributed by atoms with Crippen molar-refractivity contribution in [2.45, 2.75) is 19.4 Å². The second kappa shape index (κ2) is 7.11. The molecule has 1 heterocycles. The van der Waals surface area contributed by atoms with Gasteiger partial charge in [-0.3, -0.25) is 4.79 Å². The van der Waals surface area contributed by atoms with Crippen LogP contribution in [0.15, 0.2) is 42.5 Å². The van der Waals surface area contributed by atoms with Gasteiger partial charge in [-0.2, -0.15) is 0 Å². The maximum absolute atomic E-state index is 13.0. The topological polar surface area (TPSA) is 61.4 Å². The Morgan fingerprint density at radius 3 is 2.64 bits per heavy atom. The standard InChI is InChI=1S/C18H17ClFN3O2/c1-11-2-5-13(8-16(11)19)21-18(25)22-14-9-17(24)23(10-14)15-6-3-12(20)4-7-15/h2-8,14H,9-10H2,1H3,(H2,21,22,25)/t14-/m1/s1. The number of carbonyl (C=O) groups is 2. The fraction of sp³-hybridized carbons (Fsp3) is 0.222. The number of halogens is 2. The van der Waals surface area contributed by atoms with Gasteiger partial charge in [0.15, 0.2) is 0 Å². The second-order valence-electron chi connectivity index (χ2n) is 5.94. The Kier molecular flexibility index (Phi) is 4.90. The highest BCUT2D eigenvalue weighted by Gasteiger charge is 2.31. The van der Waals surface area contributed by atoms with E-state index < -0.39 is 6.03 Å². The van der Waals surface area contributed by atoms with Crippen molar-refractivity contribution in [3.63, 3.8) is 0 Å². The van der Waals surface area contributed by atoms with Crippen LogP contribution >= 0.6 is 11.6 Å². The molecule has 1 aliphatic rings. The quantitative estimate of drug-likeness (QED) is 0.875. The van der Waals surface area contributed by atoms with Crippen molar-refractivity contribution in [2.24, 2.45) is 0 Å². The molecule has 2 aromatic carbocycles. The molecule has 0 bridgehead atoms. The largest absolute Gasteiger partial charge is 0.333 e. The maximum Gasteiger partial charge on any atom is 0.319 e. The number of benzene rings is 2. The van der Waals surface area contributed by atoms with Crippen LogP contribution in [0.3, 0.4) is 0 Å². The molecular weight excluding hydrogens is 345 g/mol. The fourth-order valence-corrected chi connectivity index (χ4v) is 2.88. The Morgan fingerprint density at radius 2 is 1.96 bits per heavy atom. The number of hydrogen-bond acceptors (Lipinski definition) is 2. The molecule has 1 saturated heterocycles. The van der Waals surface area contributed by atoms with Gasteiger partial charge in [0.1, 0.15) is 5.82 Å². The summed E-state index contributed by atoms with van der Waals surface area (Å²) in [6.45, 7) is 2.22. The van der Waals surface area contributed by atoms with Gasteiger partial charge < -0.3 is 15.5 Å². The maximum atomic E-state index is 13.0. The number of amides is 3. The smallest absolute Gasteiger partial charge is 0.319 e. The molecule has 5 nitrogen and oxygen atoms in total. The molecule has 0 saturated carbocycles. The highest BCUT2D eigenvalue weighted by molar-refractivity contribution is 6.31. The van der Waals surface area contributed by atoms with Crippen LogP contribution in [0.2, 0.25) is 5.02 Å². The van der Waals surface area contributed by atoms with Gasteiger partial charge >= 0.3 is 6.03 Å². The summed E-state index contributed by atoms with van der Waals surface area (Å²) in [7, 11) is 0. The molecule has 1 aliphatic heterocycles. The van der Waals surface area contributed by atoms with Crippen LogP contribution in [0.1, 0.15) is 12.0 Å². The minimum absolute atomic E-state index is 0.115. The molecule has 0 radical (unpaired) electrons. The molecule has 0 spiro atoms. The van der Waals surface area contributed by atoms with E-state index in [2.05, 4.69) is 10.6 Å². The number of carbonyl (C=O) groups excluding carboxylic acids is 2. The average Bonchev–Trinajstić information content (AvgIpc) is 2.92. The predicted molar refractivity (Wildman–Crippen MR) is 95.5 cm³/mol. The van der Waals surface area contributed by atoms with Gasteiger partial charge in [-0.25, -0.2) is 9.18 Å². The van der Waals surface area contributed by atoms with E-state index in [1.54, 1.807) is 24.3 Å². The van der Waals surface area contributed by atoms with Crippen LogP contribution in [0.25, 0.3) is 0 Å². The summed E-state index contributed by atoms with van der Waals surface area (Å²) < 4.78 is 13.0. The van der Waals surface area contributed by atoms with Gasteiger partial charge in [0.05, 0.1) is 6.04 Å². The Hall–Kier alpha value is -2.60. The van der Waals surface area contributed by atoms with E-state index in [9.17, 15) is 14.0 Å². The Morgan fingerprint density at radius 1 is 1.24 bits per heavy atom. The van der Waals surface area contributed by atoms with Crippen molar-refractivity contribution in [3.05, 3.63) is 58.9 Å². The van der Waals surface area contributed by atoms with Gasteiger partial charge in [-0.1, -0.05) is 17.7 Å². The van der Waals surface area contributed by atoms with E-state index in [4.69, 9.17) is 11.6 Å². The van der Waals surface area contributed by atoms with E-state index in [-0.39, 0.29) is 24.2 Å². The average molecular weight is 362 g/mol. The Balaban J connectivity index is 1.60. The molecule has 7 heteroatoms. The number of nitrogens with one attached hydrogen (secondary N) is 2. The Bertz CT molecular complexity index is 810. The fourth-order valence-electron chi connectivity index (χ4n) is 2.70.